The predicted octanol–water partition coefficient (Wildman–Crippen LogP) is 2.88. The second-order valence-corrected chi connectivity index (χ2v) is 4.19. The molecule has 4 heteroatoms. The van der Waals surface area contributed by atoms with Crippen molar-refractivity contribution in [3.8, 4) is 0 Å². The van der Waals surface area contributed by atoms with Gasteiger partial charge in [0.05, 0.1) is 6.42 Å². The highest BCUT2D eigenvalue weighted by Crippen LogP contribution is 2.25. The molecule has 2 rings (SSSR count). The average molecular weight is 268 g/mol. The Kier molecular flexibility index (Phi) is 2.77. The van der Waals surface area contributed by atoms with E-state index in [-0.39, 0.29) is 6.42 Å². The Hall–Kier alpha value is -1.29. The van der Waals surface area contributed by atoms with E-state index >= 15 is 0 Å². The van der Waals surface area contributed by atoms with Gasteiger partial charge in [-0.15, -0.1) is 0 Å². The van der Waals surface area contributed by atoms with Crippen molar-refractivity contribution in [1.29, 1.82) is 0 Å². The molecule has 0 radical (unpaired) electrons. The summed E-state index contributed by atoms with van der Waals surface area (Å²) in [5, 5.41) is 9.74. The van der Waals surface area contributed by atoms with Gasteiger partial charge < -0.3 is 9.67 Å². The number of aliphatic carboxylic acids is 1. The molecule has 3 nitrogen and oxygen atoms in total. The lowest BCUT2D eigenvalue weighted by Gasteiger charge is -2.01. The van der Waals surface area contributed by atoms with Crippen molar-refractivity contribution < 1.29 is 9.90 Å². The molecule has 1 N–H and O–H groups in total. The first-order valence-corrected chi connectivity index (χ1v) is 5.43. The third-order valence-corrected chi connectivity index (χ3v) is 2.94. The number of rotatable bonds is 3. The minimum Gasteiger partial charge on any atom is -0.481 e. The monoisotopic (exact) mass is 267 g/mol. The van der Waals surface area contributed by atoms with Crippen molar-refractivity contribution in [2.24, 2.45) is 0 Å². The Labute approximate surface area is 95.5 Å². The number of nitrogens with zero attached hydrogens (tertiary/aromatic N) is 1. The lowest BCUT2D eigenvalue weighted by atomic mass is 10.2. The summed E-state index contributed by atoms with van der Waals surface area (Å²) in [6.07, 6.45) is 2.07. The SMILES string of the molecule is O=C(O)CCn1cc(Br)c2ccccc21. The molecule has 0 spiro atoms. The maximum atomic E-state index is 10.5. The molecule has 1 heterocycles. The Bertz CT molecular complexity index is 504. The summed E-state index contributed by atoms with van der Waals surface area (Å²) in [4.78, 5) is 10.5. The van der Waals surface area contributed by atoms with Gasteiger partial charge in [-0.25, -0.2) is 0 Å². The maximum Gasteiger partial charge on any atom is 0.305 e. The van der Waals surface area contributed by atoms with Gasteiger partial charge in [0.2, 0.25) is 0 Å². The van der Waals surface area contributed by atoms with Crippen LogP contribution < -0.4 is 0 Å². The molecular weight excluding hydrogens is 258 g/mol. The largest absolute Gasteiger partial charge is 0.481 e. The number of aryl methyl sites for hydroxylation is 1. The van der Waals surface area contributed by atoms with Gasteiger partial charge in [0.1, 0.15) is 0 Å². The van der Waals surface area contributed by atoms with Crippen LogP contribution in [0.15, 0.2) is 34.9 Å². The first-order valence-electron chi connectivity index (χ1n) is 4.63. The Morgan fingerprint density at radius 1 is 1.40 bits per heavy atom. The molecule has 1 aromatic carbocycles. The Morgan fingerprint density at radius 2 is 2.13 bits per heavy atom. The molecule has 0 saturated carbocycles. The minimum absolute atomic E-state index is 0.144. The van der Waals surface area contributed by atoms with Crippen LogP contribution in [0, 0.1) is 0 Å². The highest BCUT2D eigenvalue weighted by Gasteiger charge is 2.06. The Morgan fingerprint density at radius 3 is 2.87 bits per heavy atom. The van der Waals surface area contributed by atoms with Gasteiger partial charge in [0, 0.05) is 28.1 Å². The first-order chi connectivity index (χ1) is 7.18. The number of carboxylic acids is 1. The fourth-order valence-electron chi connectivity index (χ4n) is 1.60. The third kappa shape index (κ3) is 2.04. The van der Waals surface area contributed by atoms with E-state index < -0.39 is 5.97 Å². The van der Waals surface area contributed by atoms with E-state index in [2.05, 4.69) is 15.9 Å². The summed E-state index contributed by atoms with van der Waals surface area (Å²) in [7, 11) is 0. The molecular formula is C11H10BrNO2. The number of benzene rings is 1. The van der Waals surface area contributed by atoms with Gasteiger partial charge >= 0.3 is 5.97 Å². The number of carboxylic acid groups (broad SMARTS) is 1. The molecule has 0 aliphatic rings. The lowest BCUT2D eigenvalue weighted by molar-refractivity contribution is -0.137. The summed E-state index contributed by atoms with van der Waals surface area (Å²) < 4.78 is 2.96. The molecule has 0 bridgehead atoms. The summed E-state index contributed by atoms with van der Waals surface area (Å²) in [5.41, 5.74) is 1.06. The molecule has 0 aliphatic heterocycles. The second kappa shape index (κ2) is 4.06. The van der Waals surface area contributed by atoms with Gasteiger partial charge in [-0.2, -0.15) is 0 Å². The van der Waals surface area contributed by atoms with Gasteiger partial charge in [-0.05, 0) is 22.0 Å². The molecule has 1 aromatic heterocycles. The molecule has 78 valence electrons. The number of carbonyl (C=O) groups is 1. The normalized spacial score (nSPS) is 10.7. The maximum absolute atomic E-state index is 10.5. The number of para-hydroxylation sites is 1. The zero-order valence-electron chi connectivity index (χ0n) is 7.98. The van der Waals surface area contributed by atoms with Gasteiger partial charge in [-0.3, -0.25) is 4.79 Å². The van der Waals surface area contributed by atoms with Crippen LogP contribution in [0.2, 0.25) is 0 Å². The van der Waals surface area contributed by atoms with Crippen LogP contribution in [0.3, 0.4) is 0 Å². The van der Waals surface area contributed by atoms with Crippen LogP contribution in [-0.2, 0) is 11.3 Å². The molecule has 0 atom stereocenters. The molecule has 15 heavy (non-hydrogen) atoms. The molecule has 0 unspecified atom stereocenters. The number of fused-ring (bicyclic) bond motifs is 1. The third-order valence-electron chi connectivity index (χ3n) is 2.31. The molecule has 0 aliphatic carbocycles. The van der Waals surface area contributed by atoms with E-state index in [0.717, 1.165) is 15.4 Å². The van der Waals surface area contributed by atoms with Gasteiger partial charge in [0.15, 0.2) is 0 Å². The molecule has 0 amide bonds. The van der Waals surface area contributed by atoms with E-state index in [1.54, 1.807) is 0 Å². The zero-order valence-corrected chi connectivity index (χ0v) is 9.57. The van der Waals surface area contributed by atoms with Crippen molar-refractivity contribution in [2.75, 3.05) is 0 Å². The predicted molar refractivity (Wildman–Crippen MR) is 61.9 cm³/mol. The summed E-state index contributed by atoms with van der Waals surface area (Å²) in [5.74, 6) is -0.774. The minimum atomic E-state index is -0.774. The van der Waals surface area contributed by atoms with Crippen LogP contribution in [-0.4, -0.2) is 15.6 Å². The number of aromatic nitrogens is 1. The molecule has 0 saturated heterocycles. The van der Waals surface area contributed by atoms with Crippen molar-refractivity contribution in [3.05, 3.63) is 34.9 Å². The highest BCUT2D eigenvalue weighted by atomic mass is 79.9. The number of halogens is 1. The van der Waals surface area contributed by atoms with Gasteiger partial charge in [0.25, 0.3) is 0 Å². The van der Waals surface area contributed by atoms with Crippen molar-refractivity contribution in [3.63, 3.8) is 0 Å². The quantitative estimate of drug-likeness (QED) is 0.930. The average Bonchev–Trinajstić information content (AvgIpc) is 2.54. The van der Waals surface area contributed by atoms with Crippen LogP contribution in [0.4, 0.5) is 0 Å². The van der Waals surface area contributed by atoms with E-state index in [9.17, 15) is 4.79 Å². The fraction of sp³-hybridized carbons (Fsp3) is 0.182. The summed E-state index contributed by atoms with van der Waals surface area (Å²) >= 11 is 3.46. The van der Waals surface area contributed by atoms with E-state index in [1.807, 2.05) is 35.0 Å². The van der Waals surface area contributed by atoms with Crippen molar-refractivity contribution in [2.45, 2.75) is 13.0 Å². The standard InChI is InChI=1S/C11H10BrNO2/c12-9-7-13(6-5-11(14)15)10-4-2-1-3-8(9)10/h1-4,7H,5-6H2,(H,14,15). The van der Waals surface area contributed by atoms with Crippen molar-refractivity contribution in [1.82, 2.24) is 4.57 Å². The fourth-order valence-corrected chi connectivity index (χ4v) is 2.19. The Balaban J connectivity index is 2.39. The van der Waals surface area contributed by atoms with E-state index in [0.29, 0.717) is 6.54 Å². The van der Waals surface area contributed by atoms with Crippen LogP contribution in [0.25, 0.3) is 10.9 Å². The van der Waals surface area contributed by atoms with Gasteiger partial charge in [-0.1, -0.05) is 18.2 Å². The number of hydrogen-bond donors (Lipinski definition) is 1. The van der Waals surface area contributed by atoms with Crippen LogP contribution in [0.5, 0.6) is 0 Å². The first kappa shape index (κ1) is 10.2. The highest BCUT2D eigenvalue weighted by molar-refractivity contribution is 9.10. The molecule has 0 fully saturated rings. The van der Waals surface area contributed by atoms with Crippen LogP contribution >= 0.6 is 15.9 Å². The smallest absolute Gasteiger partial charge is 0.305 e. The topological polar surface area (TPSA) is 42.2 Å². The second-order valence-electron chi connectivity index (χ2n) is 3.33. The molecule has 2 aromatic rings. The van der Waals surface area contributed by atoms with E-state index in [4.69, 9.17) is 5.11 Å². The van der Waals surface area contributed by atoms with Crippen molar-refractivity contribution >= 4 is 32.8 Å². The van der Waals surface area contributed by atoms with Crippen LogP contribution in [0.1, 0.15) is 6.42 Å². The number of hydrogen-bond acceptors (Lipinski definition) is 1. The zero-order chi connectivity index (χ0) is 10.8. The summed E-state index contributed by atoms with van der Waals surface area (Å²) in [6, 6.07) is 7.92. The summed E-state index contributed by atoms with van der Waals surface area (Å²) in [6.45, 7) is 0.501. The lowest BCUT2D eigenvalue weighted by Crippen LogP contribution is -2.03. The van der Waals surface area contributed by atoms with E-state index in [1.165, 1.54) is 0 Å².